The Labute approximate surface area is 186 Å². The predicted octanol–water partition coefficient (Wildman–Crippen LogP) is 4.58. The summed E-state index contributed by atoms with van der Waals surface area (Å²) in [6.07, 6.45) is 4.61. The zero-order valence-electron chi connectivity index (χ0n) is 18.9. The Hall–Kier alpha value is -2.53. The second kappa shape index (κ2) is 12.4. The first-order valence-electron chi connectivity index (χ1n) is 11.4. The Morgan fingerprint density at radius 1 is 1.06 bits per heavy atom. The average molecular weight is 425 g/mol. The Kier molecular flexibility index (Phi) is 9.22. The van der Waals surface area contributed by atoms with Crippen molar-refractivity contribution >= 4 is 5.91 Å². The van der Waals surface area contributed by atoms with Crippen LogP contribution in [0, 0.1) is 12.8 Å². The van der Waals surface area contributed by atoms with Crippen LogP contribution < -0.4 is 14.8 Å². The van der Waals surface area contributed by atoms with Crippen molar-refractivity contribution in [3.8, 4) is 11.5 Å². The summed E-state index contributed by atoms with van der Waals surface area (Å²) in [5.41, 5.74) is 2.52. The van der Waals surface area contributed by atoms with Crippen molar-refractivity contribution in [2.45, 2.75) is 45.6 Å². The normalized spacial score (nSPS) is 14.9. The number of rotatable bonds is 11. The van der Waals surface area contributed by atoms with E-state index in [4.69, 9.17) is 9.47 Å². The van der Waals surface area contributed by atoms with E-state index in [0.29, 0.717) is 18.9 Å². The standard InChI is InChI=1S/C26H36N2O3/c1-21-6-5-7-25(18-21)31-17-4-3-8-26(29)27-19-22-13-15-28(16-14-22)20-23-9-11-24(30-2)12-10-23/h5-7,9-12,18,22H,3-4,8,13-17,19-20H2,1-2H3,(H,27,29). The zero-order valence-corrected chi connectivity index (χ0v) is 18.9. The molecule has 1 saturated heterocycles. The number of carbonyl (C=O) groups is 1. The molecule has 0 spiro atoms. The lowest BCUT2D eigenvalue weighted by atomic mass is 9.96. The molecule has 0 aromatic heterocycles. The topological polar surface area (TPSA) is 50.8 Å². The van der Waals surface area contributed by atoms with E-state index in [1.165, 1.54) is 11.1 Å². The number of unbranched alkanes of at least 4 members (excludes halogenated alkanes) is 1. The monoisotopic (exact) mass is 424 g/mol. The first kappa shape index (κ1) is 23.1. The fourth-order valence-corrected chi connectivity index (χ4v) is 3.97. The molecule has 5 nitrogen and oxygen atoms in total. The highest BCUT2D eigenvalue weighted by Crippen LogP contribution is 2.20. The van der Waals surface area contributed by atoms with Gasteiger partial charge >= 0.3 is 0 Å². The number of nitrogens with one attached hydrogen (secondary N) is 1. The SMILES string of the molecule is COc1ccc(CN2CCC(CNC(=O)CCCCOc3cccc(C)c3)CC2)cc1. The summed E-state index contributed by atoms with van der Waals surface area (Å²) in [5, 5.41) is 3.13. The number of piperidine rings is 1. The van der Waals surface area contributed by atoms with Gasteiger partial charge < -0.3 is 14.8 Å². The minimum Gasteiger partial charge on any atom is -0.497 e. The molecule has 1 amide bonds. The van der Waals surface area contributed by atoms with Crippen LogP contribution in [-0.4, -0.2) is 44.2 Å². The number of amides is 1. The summed E-state index contributed by atoms with van der Waals surface area (Å²) in [4.78, 5) is 14.6. The van der Waals surface area contributed by atoms with E-state index in [9.17, 15) is 4.79 Å². The molecule has 1 N–H and O–H groups in total. The van der Waals surface area contributed by atoms with Crippen LogP contribution in [0.2, 0.25) is 0 Å². The minimum absolute atomic E-state index is 0.163. The van der Waals surface area contributed by atoms with E-state index in [1.54, 1.807) is 7.11 Å². The first-order chi connectivity index (χ1) is 15.1. The van der Waals surface area contributed by atoms with Crippen molar-refractivity contribution < 1.29 is 14.3 Å². The maximum Gasteiger partial charge on any atom is 0.220 e. The molecule has 1 fully saturated rings. The highest BCUT2D eigenvalue weighted by Gasteiger charge is 2.19. The van der Waals surface area contributed by atoms with Gasteiger partial charge in [-0.05, 0) is 87.0 Å². The lowest BCUT2D eigenvalue weighted by Crippen LogP contribution is -2.38. The summed E-state index contributed by atoms with van der Waals surface area (Å²) in [5.74, 6) is 2.55. The lowest BCUT2D eigenvalue weighted by molar-refractivity contribution is -0.121. The van der Waals surface area contributed by atoms with Crippen molar-refractivity contribution in [1.82, 2.24) is 10.2 Å². The van der Waals surface area contributed by atoms with Crippen LogP contribution in [-0.2, 0) is 11.3 Å². The van der Waals surface area contributed by atoms with Gasteiger partial charge in [-0.1, -0.05) is 24.3 Å². The quantitative estimate of drug-likeness (QED) is 0.537. The highest BCUT2D eigenvalue weighted by molar-refractivity contribution is 5.75. The summed E-state index contributed by atoms with van der Waals surface area (Å²) in [6.45, 7) is 6.67. The third-order valence-electron chi connectivity index (χ3n) is 5.92. The summed E-state index contributed by atoms with van der Waals surface area (Å²) in [6, 6.07) is 16.4. The number of aryl methyl sites for hydroxylation is 1. The van der Waals surface area contributed by atoms with Gasteiger partial charge in [-0.2, -0.15) is 0 Å². The molecule has 31 heavy (non-hydrogen) atoms. The third-order valence-corrected chi connectivity index (χ3v) is 5.92. The van der Waals surface area contributed by atoms with E-state index >= 15 is 0 Å². The van der Waals surface area contributed by atoms with Gasteiger partial charge in [-0.25, -0.2) is 0 Å². The van der Waals surface area contributed by atoms with E-state index in [1.807, 2.05) is 30.3 Å². The molecule has 5 heteroatoms. The molecule has 0 atom stereocenters. The molecule has 168 valence electrons. The van der Waals surface area contributed by atoms with Crippen LogP contribution >= 0.6 is 0 Å². The van der Waals surface area contributed by atoms with Gasteiger partial charge in [-0.3, -0.25) is 9.69 Å². The van der Waals surface area contributed by atoms with E-state index in [2.05, 4.69) is 35.3 Å². The molecule has 1 aliphatic heterocycles. The Balaban J connectivity index is 1.23. The Morgan fingerprint density at radius 3 is 2.55 bits per heavy atom. The molecule has 3 rings (SSSR count). The van der Waals surface area contributed by atoms with Gasteiger partial charge in [0.15, 0.2) is 0 Å². The minimum atomic E-state index is 0.163. The molecule has 0 aliphatic carbocycles. The Bertz CT molecular complexity index is 799. The average Bonchev–Trinajstić information content (AvgIpc) is 2.79. The number of likely N-dealkylation sites (tertiary alicyclic amines) is 1. The number of ether oxygens (including phenoxy) is 2. The van der Waals surface area contributed by atoms with Crippen LogP contribution in [0.4, 0.5) is 0 Å². The van der Waals surface area contributed by atoms with Crippen molar-refractivity contribution in [3.63, 3.8) is 0 Å². The molecular weight excluding hydrogens is 388 g/mol. The van der Waals surface area contributed by atoms with Gasteiger partial charge in [0.25, 0.3) is 0 Å². The van der Waals surface area contributed by atoms with Gasteiger partial charge in [0.2, 0.25) is 5.91 Å². The summed E-state index contributed by atoms with van der Waals surface area (Å²) < 4.78 is 11.0. The molecule has 1 heterocycles. The summed E-state index contributed by atoms with van der Waals surface area (Å²) in [7, 11) is 1.69. The molecule has 1 aliphatic rings. The van der Waals surface area contributed by atoms with Crippen LogP contribution in [0.3, 0.4) is 0 Å². The lowest BCUT2D eigenvalue weighted by Gasteiger charge is -2.32. The summed E-state index contributed by atoms with van der Waals surface area (Å²) >= 11 is 0. The van der Waals surface area contributed by atoms with E-state index < -0.39 is 0 Å². The molecule has 0 radical (unpaired) electrons. The van der Waals surface area contributed by atoms with Crippen molar-refractivity contribution in [2.24, 2.45) is 5.92 Å². The molecule has 0 unspecified atom stereocenters. The van der Waals surface area contributed by atoms with Crippen LogP contribution in [0.1, 0.15) is 43.2 Å². The maximum atomic E-state index is 12.1. The fraction of sp³-hybridized carbons (Fsp3) is 0.500. The van der Waals surface area contributed by atoms with Crippen LogP contribution in [0.15, 0.2) is 48.5 Å². The number of hydrogen-bond acceptors (Lipinski definition) is 4. The molecule has 2 aromatic carbocycles. The Morgan fingerprint density at radius 2 is 1.84 bits per heavy atom. The van der Waals surface area contributed by atoms with Gasteiger partial charge in [0.1, 0.15) is 11.5 Å². The van der Waals surface area contributed by atoms with Gasteiger partial charge in [-0.15, -0.1) is 0 Å². The van der Waals surface area contributed by atoms with E-state index in [-0.39, 0.29) is 5.91 Å². The van der Waals surface area contributed by atoms with Crippen LogP contribution in [0.25, 0.3) is 0 Å². The van der Waals surface area contributed by atoms with Crippen molar-refractivity contribution in [1.29, 1.82) is 0 Å². The second-order valence-electron chi connectivity index (χ2n) is 8.49. The van der Waals surface area contributed by atoms with Crippen molar-refractivity contribution in [3.05, 3.63) is 59.7 Å². The third kappa shape index (κ3) is 8.25. The molecule has 2 aromatic rings. The second-order valence-corrected chi connectivity index (χ2v) is 8.49. The van der Waals surface area contributed by atoms with Gasteiger partial charge in [0.05, 0.1) is 13.7 Å². The smallest absolute Gasteiger partial charge is 0.220 e. The molecule has 0 saturated carbocycles. The maximum absolute atomic E-state index is 12.1. The molecule has 0 bridgehead atoms. The first-order valence-corrected chi connectivity index (χ1v) is 11.4. The number of hydrogen-bond donors (Lipinski definition) is 1. The molecular formula is C26H36N2O3. The largest absolute Gasteiger partial charge is 0.497 e. The van der Waals surface area contributed by atoms with Crippen LogP contribution in [0.5, 0.6) is 11.5 Å². The predicted molar refractivity (Wildman–Crippen MR) is 125 cm³/mol. The van der Waals surface area contributed by atoms with E-state index in [0.717, 1.165) is 63.4 Å². The number of methoxy groups -OCH3 is 1. The highest BCUT2D eigenvalue weighted by atomic mass is 16.5. The number of carbonyl (C=O) groups excluding carboxylic acids is 1. The number of benzene rings is 2. The zero-order chi connectivity index (χ0) is 21.9. The van der Waals surface area contributed by atoms with Gasteiger partial charge in [0, 0.05) is 19.5 Å². The number of nitrogens with zero attached hydrogens (tertiary/aromatic N) is 1. The van der Waals surface area contributed by atoms with Crippen molar-refractivity contribution in [2.75, 3.05) is 33.4 Å². The fourth-order valence-electron chi connectivity index (χ4n) is 3.97.